The second-order valence-corrected chi connectivity index (χ2v) is 6.99. The SMILES string of the molecule is CC(C)(C)c1ccc(CNC(=O)Nc2cccc(CCN)c2)cc1. The van der Waals surface area contributed by atoms with Crippen LogP contribution in [0.15, 0.2) is 48.5 Å². The minimum absolute atomic E-state index is 0.137. The van der Waals surface area contributed by atoms with Gasteiger partial charge in [0.2, 0.25) is 0 Å². The van der Waals surface area contributed by atoms with E-state index in [2.05, 4.69) is 55.7 Å². The van der Waals surface area contributed by atoms with Gasteiger partial charge in [0, 0.05) is 12.2 Å². The molecular weight excluding hydrogens is 298 g/mol. The maximum absolute atomic E-state index is 12.0. The molecule has 0 atom stereocenters. The van der Waals surface area contributed by atoms with Gasteiger partial charge in [0.25, 0.3) is 0 Å². The molecule has 0 unspecified atom stereocenters. The number of amides is 2. The summed E-state index contributed by atoms with van der Waals surface area (Å²) in [5.41, 5.74) is 9.96. The molecular formula is C20H27N3O. The van der Waals surface area contributed by atoms with E-state index >= 15 is 0 Å². The molecule has 0 aliphatic heterocycles. The highest BCUT2D eigenvalue weighted by Gasteiger charge is 2.12. The average Bonchev–Trinajstić information content (AvgIpc) is 2.53. The lowest BCUT2D eigenvalue weighted by molar-refractivity contribution is 0.251. The van der Waals surface area contributed by atoms with Crippen LogP contribution in [-0.2, 0) is 18.4 Å². The number of carbonyl (C=O) groups is 1. The lowest BCUT2D eigenvalue weighted by atomic mass is 9.87. The molecule has 0 saturated heterocycles. The third kappa shape index (κ3) is 5.39. The Kier molecular flexibility index (Phi) is 5.99. The van der Waals surface area contributed by atoms with Crippen molar-refractivity contribution < 1.29 is 4.79 Å². The van der Waals surface area contributed by atoms with Gasteiger partial charge in [-0.3, -0.25) is 0 Å². The molecule has 0 fully saturated rings. The van der Waals surface area contributed by atoms with E-state index in [1.165, 1.54) is 5.56 Å². The number of urea groups is 1. The summed E-state index contributed by atoms with van der Waals surface area (Å²) in [4.78, 5) is 12.0. The van der Waals surface area contributed by atoms with Crippen molar-refractivity contribution in [1.82, 2.24) is 5.32 Å². The highest BCUT2D eigenvalue weighted by atomic mass is 16.2. The highest BCUT2D eigenvalue weighted by molar-refractivity contribution is 5.89. The Bertz CT molecular complexity index is 672. The van der Waals surface area contributed by atoms with E-state index in [1.54, 1.807) is 0 Å². The quantitative estimate of drug-likeness (QED) is 0.782. The summed E-state index contributed by atoms with van der Waals surface area (Å²) in [6, 6.07) is 15.9. The van der Waals surface area contributed by atoms with Gasteiger partial charge in [0.15, 0.2) is 0 Å². The van der Waals surface area contributed by atoms with Crippen molar-refractivity contribution in [3.05, 3.63) is 65.2 Å². The topological polar surface area (TPSA) is 67.2 Å². The first-order chi connectivity index (χ1) is 11.4. The van der Waals surface area contributed by atoms with Gasteiger partial charge >= 0.3 is 6.03 Å². The van der Waals surface area contributed by atoms with Crippen LogP contribution in [0.5, 0.6) is 0 Å². The van der Waals surface area contributed by atoms with E-state index in [0.717, 1.165) is 23.2 Å². The molecule has 0 bridgehead atoms. The second kappa shape index (κ2) is 7.97. The van der Waals surface area contributed by atoms with E-state index in [-0.39, 0.29) is 11.4 Å². The standard InChI is InChI=1S/C20H27N3O/c1-20(2,3)17-9-7-16(8-10-17)14-22-19(24)23-18-6-4-5-15(13-18)11-12-21/h4-10,13H,11-12,14,21H2,1-3H3,(H2,22,23,24). The van der Waals surface area contributed by atoms with Crippen molar-refractivity contribution in [3.63, 3.8) is 0 Å². The maximum Gasteiger partial charge on any atom is 0.319 e. The number of hydrogen-bond acceptors (Lipinski definition) is 2. The minimum Gasteiger partial charge on any atom is -0.334 e. The smallest absolute Gasteiger partial charge is 0.319 e. The average molecular weight is 325 g/mol. The Morgan fingerprint density at radius 2 is 1.75 bits per heavy atom. The molecule has 2 amide bonds. The summed E-state index contributed by atoms with van der Waals surface area (Å²) in [7, 11) is 0. The van der Waals surface area contributed by atoms with Crippen LogP contribution in [0, 0.1) is 0 Å². The normalized spacial score (nSPS) is 11.2. The lowest BCUT2D eigenvalue weighted by Crippen LogP contribution is -2.28. The van der Waals surface area contributed by atoms with Crippen molar-refractivity contribution in [3.8, 4) is 0 Å². The highest BCUT2D eigenvalue weighted by Crippen LogP contribution is 2.22. The van der Waals surface area contributed by atoms with Gasteiger partial charge < -0.3 is 16.4 Å². The van der Waals surface area contributed by atoms with Crippen LogP contribution in [0.3, 0.4) is 0 Å². The Hall–Kier alpha value is -2.33. The lowest BCUT2D eigenvalue weighted by Gasteiger charge is -2.19. The predicted octanol–water partition coefficient (Wildman–Crippen LogP) is 3.81. The number of nitrogens with one attached hydrogen (secondary N) is 2. The van der Waals surface area contributed by atoms with Crippen LogP contribution in [0.4, 0.5) is 10.5 Å². The first-order valence-corrected chi connectivity index (χ1v) is 8.32. The zero-order valence-electron chi connectivity index (χ0n) is 14.7. The van der Waals surface area contributed by atoms with Crippen molar-refractivity contribution in [1.29, 1.82) is 0 Å². The third-order valence-electron chi connectivity index (χ3n) is 3.89. The van der Waals surface area contributed by atoms with Crippen LogP contribution in [-0.4, -0.2) is 12.6 Å². The summed E-state index contributed by atoms with van der Waals surface area (Å²) in [6.45, 7) is 7.66. The second-order valence-electron chi connectivity index (χ2n) is 6.99. The molecule has 0 aromatic heterocycles. The fraction of sp³-hybridized carbons (Fsp3) is 0.350. The zero-order chi connectivity index (χ0) is 17.6. The summed E-state index contributed by atoms with van der Waals surface area (Å²) in [6.07, 6.45) is 0.803. The molecule has 24 heavy (non-hydrogen) atoms. The van der Waals surface area contributed by atoms with Crippen molar-refractivity contribution in [2.75, 3.05) is 11.9 Å². The number of nitrogens with two attached hydrogens (primary N) is 1. The molecule has 0 spiro atoms. The minimum atomic E-state index is -0.209. The van der Waals surface area contributed by atoms with E-state index in [1.807, 2.05) is 24.3 Å². The van der Waals surface area contributed by atoms with Crippen LogP contribution in [0.2, 0.25) is 0 Å². The van der Waals surface area contributed by atoms with Crippen LogP contribution >= 0.6 is 0 Å². The Balaban J connectivity index is 1.88. The first kappa shape index (κ1) is 18.0. The fourth-order valence-corrected chi connectivity index (χ4v) is 2.45. The van der Waals surface area contributed by atoms with Crippen molar-refractivity contribution in [2.24, 2.45) is 5.73 Å². The van der Waals surface area contributed by atoms with Gasteiger partial charge in [-0.2, -0.15) is 0 Å². The number of benzene rings is 2. The van der Waals surface area contributed by atoms with E-state index in [0.29, 0.717) is 13.1 Å². The molecule has 4 N–H and O–H groups in total. The molecule has 4 nitrogen and oxygen atoms in total. The molecule has 4 heteroatoms. The fourth-order valence-electron chi connectivity index (χ4n) is 2.45. The number of hydrogen-bond donors (Lipinski definition) is 3. The summed E-state index contributed by atoms with van der Waals surface area (Å²) in [5, 5.41) is 5.74. The molecule has 0 heterocycles. The molecule has 2 aromatic rings. The van der Waals surface area contributed by atoms with Crippen molar-refractivity contribution in [2.45, 2.75) is 39.2 Å². The Morgan fingerprint density at radius 1 is 1.04 bits per heavy atom. The summed E-state index contributed by atoms with van der Waals surface area (Å²) < 4.78 is 0. The zero-order valence-corrected chi connectivity index (χ0v) is 14.7. The van der Waals surface area contributed by atoms with Gasteiger partial charge in [0.1, 0.15) is 0 Å². The van der Waals surface area contributed by atoms with Crippen LogP contribution < -0.4 is 16.4 Å². The van der Waals surface area contributed by atoms with E-state index < -0.39 is 0 Å². The molecule has 0 aliphatic carbocycles. The Morgan fingerprint density at radius 3 is 2.38 bits per heavy atom. The van der Waals surface area contributed by atoms with Crippen LogP contribution in [0.25, 0.3) is 0 Å². The molecule has 128 valence electrons. The van der Waals surface area contributed by atoms with Gasteiger partial charge in [-0.05, 0) is 47.2 Å². The molecule has 2 rings (SSSR count). The number of rotatable bonds is 5. The van der Waals surface area contributed by atoms with E-state index in [9.17, 15) is 4.79 Å². The third-order valence-corrected chi connectivity index (χ3v) is 3.89. The first-order valence-electron chi connectivity index (χ1n) is 8.32. The van der Waals surface area contributed by atoms with Gasteiger partial charge in [0.05, 0.1) is 0 Å². The molecule has 0 saturated carbocycles. The van der Waals surface area contributed by atoms with Crippen LogP contribution in [0.1, 0.15) is 37.5 Å². The summed E-state index contributed by atoms with van der Waals surface area (Å²) >= 11 is 0. The number of anilines is 1. The van der Waals surface area contributed by atoms with Crippen molar-refractivity contribution >= 4 is 11.7 Å². The number of carbonyl (C=O) groups excluding carboxylic acids is 1. The van der Waals surface area contributed by atoms with E-state index in [4.69, 9.17) is 5.73 Å². The maximum atomic E-state index is 12.0. The summed E-state index contributed by atoms with van der Waals surface area (Å²) in [5.74, 6) is 0. The molecule has 0 aliphatic rings. The van der Waals surface area contributed by atoms with Gasteiger partial charge in [-0.15, -0.1) is 0 Å². The van der Waals surface area contributed by atoms with Gasteiger partial charge in [-0.1, -0.05) is 57.2 Å². The monoisotopic (exact) mass is 325 g/mol. The molecule has 2 aromatic carbocycles. The predicted molar refractivity (Wildman–Crippen MR) is 100 cm³/mol. The largest absolute Gasteiger partial charge is 0.334 e. The Labute approximate surface area is 144 Å². The van der Waals surface area contributed by atoms with Gasteiger partial charge in [-0.25, -0.2) is 4.79 Å². The molecule has 0 radical (unpaired) electrons.